The van der Waals surface area contributed by atoms with Crippen LogP contribution in [0.5, 0.6) is 0 Å². The van der Waals surface area contributed by atoms with Crippen molar-refractivity contribution in [2.24, 2.45) is 7.05 Å². The molecule has 1 aromatic heterocycles. The summed E-state index contributed by atoms with van der Waals surface area (Å²) in [5.41, 5.74) is 2.69. The predicted octanol–water partition coefficient (Wildman–Crippen LogP) is 5.14. The van der Waals surface area contributed by atoms with E-state index in [2.05, 4.69) is 9.80 Å². The number of halogens is 1. The molecular formula is C32H41FN4O3S. The SMILES string of the molecule is Cn1c(-c2ccc(S(C)(=O)=O)cc2)nc2c(F)c(C3CCN(C4CC5CCC(C4)N5C4CCOCC4)CC3)ccc21. The van der Waals surface area contributed by atoms with Gasteiger partial charge < -0.3 is 14.2 Å². The monoisotopic (exact) mass is 580 g/mol. The molecule has 0 aliphatic carbocycles. The third kappa shape index (κ3) is 5.02. The number of piperidine rings is 2. The molecule has 0 saturated carbocycles. The highest BCUT2D eigenvalue weighted by Crippen LogP contribution is 2.42. The smallest absolute Gasteiger partial charge is 0.175 e. The maximum absolute atomic E-state index is 16.0. The molecule has 2 aromatic carbocycles. The second-order valence-electron chi connectivity index (χ2n) is 12.7. The molecule has 41 heavy (non-hydrogen) atoms. The first kappa shape index (κ1) is 27.5. The summed E-state index contributed by atoms with van der Waals surface area (Å²) in [6.45, 7) is 3.89. The van der Waals surface area contributed by atoms with Crippen LogP contribution in [0.1, 0.15) is 62.8 Å². The molecule has 7 rings (SSSR count). The Hall–Kier alpha value is -2.33. The summed E-state index contributed by atoms with van der Waals surface area (Å²) < 4.78 is 47.2. The highest BCUT2D eigenvalue weighted by Gasteiger charge is 2.45. The third-order valence-corrected chi connectivity index (χ3v) is 11.6. The molecule has 9 heteroatoms. The minimum Gasteiger partial charge on any atom is -0.381 e. The lowest BCUT2D eigenvalue weighted by molar-refractivity contribution is -0.0221. The molecule has 4 fully saturated rings. The van der Waals surface area contributed by atoms with Crippen molar-refractivity contribution in [1.29, 1.82) is 0 Å². The van der Waals surface area contributed by atoms with Gasteiger partial charge >= 0.3 is 0 Å². The van der Waals surface area contributed by atoms with E-state index in [1.807, 2.05) is 23.7 Å². The van der Waals surface area contributed by atoms with Crippen LogP contribution in [0.2, 0.25) is 0 Å². The molecule has 4 aliphatic heterocycles. The van der Waals surface area contributed by atoms with Gasteiger partial charge in [-0.1, -0.05) is 6.07 Å². The van der Waals surface area contributed by atoms with Gasteiger partial charge in [-0.2, -0.15) is 0 Å². The van der Waals surface area contributed by atoms with E-state index >= 15 is 4.39 Å². The average molecular weight is 581 g/mol. The van der Waals surface area contributed by atoms with Crippen LogP contribution in [0.4, 0.5) is 4.39 Å². The molecule has 2 unspecified atom stereocenters. The van der Waals surface area contributed by atoms with Gasteiger partial charge in [0.1, 0.15) is 11.3 Å². The van der Waals surface area contributed by atoms with Crippen LogP contribution in [0, 0.1) is 5.82 Å². The first-order valence-electron chi connectivity index (χ1n) is 15.3. The number of aryl methyl sites for hydroxylation is 1. The summed E-state index contributed by atoms with van der Waals surface area (Å²) in [4.78, 5) is 10.5. The van der Waals surface area contributed by atoms with Gasteiger partial charge in [-0.25, -0.2) is 17.8 Å². The van der Waals surface area contributed by atoms with E-state index in [4.69, 9.17) is 9.72 Å². The lowest BCUT2D eigenvalue weighted by atomic mass is 9.86. The molecule has 0 radical (unpaired) electrons. The van der Waals surface area contributed by atoms with E-state index in [-0.39, 0.29) is 16.6 Å². The molecule has 2 atom stereocenters. The predicted molar refractivity (Wildman–Crippen MR) is 158 cm³/mol. The number of sulfone groups is 1. The number of hydrogen-bond donors (Lipinski definition) is 0. The maximum atomic E-state index is 16.0. The molecule has 5 heterocycles. The zero-order valence-electron chi connectivity index (χ0n) is 24.1. The van der Waals surface area contributed by atoms with Gasteiger partial charge in [0, 0.05) is 56.2 Å². The molecule has 220 valence electrons. The van der Waals surface area contributed by atoms with Gasteiger partial charge in [-0.05, 0) is 106 Å². The second kappa shape index (κ2) is 10.7. The first-order chi connectivity index (χ1) is 19.8. The van der Waals surface area contributed by atoms with Crippen molar-refractivity contribution < 1.29 is 17.5 Å². The quantitative estimate of drug-likeness (QED) is 0.417. The third-order valence-electron chi connectivity index (χ3n) is 10.4. The van der Waals surface area contributed by atoms with Crippen LogP contribution in [0.3, 0.4) is 0 Å². The number of benzene rings is 2. The van der Waals surface area contributed by atoms with Crippen LogP contribution in [-0.4, -0.2) is 84.5 Å². The molecule has 2 bridgehead atoms. The van der Waals surface area contributed by atoms with Crippen LogP contribution in [-0.2, 0) is 21.6 Å². The Bertz CT molecular complexity index is 1510. The van der Waals surface area contributed by atoms with E-state index in [9.17, 15) is 8.42 Å². The van der Waals surface area contributed by atoms with Gasteiger partial charge in [0.25, 0.3) is 0 Å². The van der Waals surface area contributed by atoms with Crippen molar-refractivity contribution in [1.82, 2.24) is 19.4 Å². The zero-order valence-corrected chi connectivity index (χ0v) is 25.0. The van der Waals surface area contributed by atoms with Gasteiger partial charge in [0.2, 0.25) is 0 Å². The summed E-state index contributed by atoms with van der Waals surface area (Å²) in [6, 6.07) is 13.4. The minimum atomic E-state index is -3.28. The average Bonchev–Trinajstić information content (AvgIpc) is 3.46. The normalized spacial score (nSPS) is 27.1. The van der Waals surface area contributed by atoms with Gasteiger partial charge in [-0.3, -0.25) is 4.90 Å². The minimum absolute atomic E-state index is 0.203. The number of rotatable bonds is 5. The molecule has 0 N–H and O–H groups in total. The van der Waals surface area contributed by atoms with Crippen molar-refractivity contribution >= 4 is 20.9 Å². The fraction of sp³-hybridized carbons (Fsp3) is 0.594. The number of aromatic nitrogens is 2. The maximum Gasteiger partial charge on any atom is 0.175 e. The molecule has 0 spiro atoms. The van der Waals surface area contributed by atoms with Crippen LogP contribution in [0.25, 0.3) is 22.4 Å². The second-order valence-corrected chi connectivity index (χ2v) is 14.8. The molecular weight excluding hydrogens is 539 g/mol. The summed E-state index contributed by atoms with van der Waals surface area (Å²) in [6.07, 6.45) is 10.8. The Kier molecular flexibility index (Phi) is 7.20. The summed E-state index contributed by atoms with van der Waals surface area (Å²) in [5, 5.41) is 0. The van der Waals surface area contributed by atoms with Crippen LogP contribution >= 0.6 is 0 Å². The molecule has 7 nitrogen and oxygen atoms in total. The fourth-order valence-electron chi connectivity index (χ4n) is 8.30. The van der Waals surface area contributed by atoms with E-state index in [1.54, 1.807) is 24.3 Å². The standard InChI is InChI=1S/C32H41FN4O3S/c1-35-29-10-9-28(30(33)31(29)34-32(35)22-3-7-27(8-4-22)41(2,38)39)21-11-15-36(16-12-21)26-19-24-5-6-25(20-26)37(24)23-13-17-40-18-14-23/h3-4,7-10,21,23-26H,5-6,11-20H2,1-2H3. The Morgan fingerprint density at radius 1 is 0.854 bits per heavy atom. The fourth-order valence-corrected chi connectivity index (χ4v) is 8.94. The Morgan fingerprint density at radius 2 is 1.51 bits per heavy atom. The number of fused-ring (bicyclic) bond motifs is 3. The van der Waals surface area contributed by atoms with Crippen molar-refractivity contribution in [3.63, 3.8) is 0 Å². The number of nitrogens with zero attached hydrogens (tertiary/aromatic N) is 4. The number of ether oxygens (including phenoxy) is 1. The molecule has 4 aliphatic rings. The van der Waals surface area contributed by atoms with E-state index < -0.39 is 9.84 Å². The van der Waals surface area contributed by atoms with E-state index in [0.717, 1.165) is 67.9 Å². The highest BCUT2D eigenvalue weighted by molar-refractivity contribution is 7.90. The topological polar surface area (TPSA) is 67.7 Å². The number of likely N-dealkylation sites (tertiary alicyclic amines) is 1. The van der Waals surface area contributed by atoms with E-state index in [1.165, 1.54) is 44.8 Å². The Morgan fingerprint density at radius 3 is 2.15 bits per heavy atom. The van der Waals surface area contributed by atoms with Crippen LogP contribution < -0.4 is 0 Å². The van der Waals surface area contributed by atoms with Gasteiger partial charge in [0.15, 0.2) is 15.7 Å². The number of hydrogen-bond acceptors (Lipinski definition) is 6. The summed E-state index contributed by atoms with van der Waals surface area (Å²) in [7, 11) is -1.40. The zero-order chi connectivity index (χ0) is 28.3. The van der Waals surface area contributed by atoms with Crippen molar-refractivity contribution in [3.05, 3.63) is 47.8 Å². The van der Waals surface area contributed by atoms with Crippen LogP contribution in [0.15, 0.2) is 41.3 Å². The largest absolute Gasteiger partial charge is 0.381 e. The molecule has 4 saturated heterocycles. The lowest BCUT2D eigenvalue weighted by Gasteiger charge is -2.48. The van der Waals surface area contributed by atoms with Crippen molar-refractivity contribution in [2.75, 3.05) is 32.6 Å². The summed E-state index contributed by atoms with van der Waals surface area (Å²) in [5.74, 6) is 0.625. The molecule has 0 amide bonds. The Labute approximate surface area is 242 Å². The van der Waals surface area contributed by atoms with E-state index in [0.29, 0.717) is 23.4 Å². The van der Waals surface area contributed by atoms with Gasteiger partial charge in [-0.15, -0.1) is 0 Å². The first-order valence-corrected chi connectivity index (χ1v) is 17.2. The van der Waals surface area contributed by atoms with Crippen molar-refractivity contribution in [3.8, 4) is 11.4 Å². The summed E-state index contributed by atoms with van der Waals surface area (Å²) >= 11 is 0. The highest BCUT2D eigenvalue weighted by atomic mass is 32.2. The lowest BCUT2D eigenvalue weighted by Crippen LogP contribution is -2.55. The number of imidazole rings is 1. The molecule has 3 aromatic rings. The van der Waals surface area contributed by atoms with Gasteiger partial charge in [0.05, 0.1) is 10.4 Å². The van der Waals surface area contributed by atoms with Crippen molar-refractivity contribution in [2.45, 2.75) is 86.3 Å². The Balaban J connectivity index is 1.04.